The van der Waals surface area contributed by atoms with Crippen molar-refractivity contribution in [3.63, 3.8) is 0 Å². The Hall–Kier alpha value is -2.04. The van der Waals surface area contributed by atoms with E-state index in [9.17, 15) is 9.59 Å². The number of rotatable bonds is 5. The number of nitrogens with zero attached hydrogens (tertiary/aromatic N) is 1. The molecular formula is C20H31N3O2. The number of amides is 3. The van der Waals surface area contributed by atoms with Gasteiger partial charge in [-0.3, -0.25) is 4.79 Å². The molecule has 0 bridgehead atoms. The van der Waals surface area contributed by atoms with E-state index >= 15 is 0 Å². The minimum atomic E-state index is -0.154. The quantitative estimate of drug-likeness (QED) is 0.861. The van der Waals surface area contributed by atoms with Crippen molar-refractivity contribution in [2.24, 2.45) is 0 Å². The number of hydrogen-bond donors (Lipinski definition) is 2. The molecule has 1 heterocycles. The van der Waals surface area contributed by atoms with Gasteiger partial charge in [-0.1, -0.05) is 51.1 Å². The summed E-state index contributed by atoms with van der Waals surface area (Å²) in [6, 6.07) is 10.4. The summed E-state index contributed by atoms with van der Waals surface area (Å²) in [6.45, 7) is 9.29. The van der Waals surface area contributed by atoms with Gasteiger partial charge in [0.2, 0.25) is 5.91 Å². The minimum Gasteiger partial charge on any atom is -0.352 e. The molecular weight excluding hydrogens is 314 g/mol. The fourth-order valence-electron chi connectivity index (χ4n) is 3.67. The summed E-state index contributed by atoms with van der Waals surface area (Å²) in [5.74, 6) is -0.0381. The number of piperidine rings is 1. The second-order valence-corrected chi connectivity index (χ2v) is 7.48. The number of carbonyl (C=O) groups is 2. The first-order valence-electron chi connectivity index (χ1n) is 9.22. The third-order valence-corrected chi connectivity index (χ3v) is 5.21. The summed E-state index contributed by atoms with van der Waals surface area (Å²) in [7, 11) is 0. The van der Waals surface area contributed by atoms with E-state index in [1.807, 2.05) is 23.1 Å². The molecule has 3 amide bonds. The van der Waals surface area contributed by atoms with Gasteiger partial charge in [0.05, 0.1) is 0 Å². The van der Waals surface area contributed by atoms with Crippen LogP contribution in [-0.4, -0.2) is 42.0 Å². The summed E-state index contributed by atoms with van der Waals surface area (Å²) in [6.07, 6.45) is 2.70. The first kappa shape index (κ1) is 19.3. The van der Waals surface area contributed by atoms with E-state index in [1.165, 1.54) is 12.5 Å². The van der Waals surface area contributed by atoms with Crippen LogP contribution in [0.15, 0.2) is 30.3 Å². The van der Waals surface area contributed by atoms with Crippen molar-refractivity contribution in [1.29, 1.82) is 0 Å². The molecule has 1 aromatic rings. The lowest BCUT2D eigenvalue weighted by Crippen LogP contribution is -2.56. The Morgan fingerprint density at radius 3 is 2.56 bits per heavy atom. The topological polar surface area (TPSA) is 61.4 Å². The van der Waals surface area contributed by atoms with Gasteiger partial charge < -0.3 is 15.5 Å². The van der Waals surface area contributed by atoms with Gasteiger partial charge in [-0.05, 0) is 24.8 Å². The summed E-state index contributed by atoms with van der Waals surface area (Å²) in [4.78, 5) is 25.9. The standard InChI is InChI=1S/C20H31N3O2/c1-5-18(20(3,4)16-10-7-6-8-11-16)22-19(25)23-13-9-12-17(14-23)21-15(2)24/h6-8,10-11,17-18H,5,9,12-14H2,1-4H3,(H,21,24)(H,22,25). The molecule has 1 fully saturated rings. The lowest BCUT2D eigenvalue weighted by molar-refractivity contribution is -0.119. The van der Waals surface area contributed by atoms with E-state index in [-0.39, 0.29) is 29.4 Å². The maximum absolute atomic E-state index is 12.8. The van der Waals surface area contributed by atoms with Crippen LogP contribution in [0, 0.1) is 0 Å². The van der Waals surface area contributed by atoms with Gasteiger partial charge in [0.1, 0.15) is 0 Å². The van der Waals surface area contributed by atoms with Crippen molar-refractivity contribution in [3.8, 4) is 0 Å². The summed E-state index contributed by atoms with van der Waals surface area (Å²) in [5.41, 5.74) is 1.07. The molecule has 0 radical (unpaired) electrons. The fraction of sp³-hybridized carbons (Fsp3) is 0.600. The van der Waals surface area contributed by atoms with E-state index in [1.54, 1.807) is 0 Å². The average Bonchev–Trinajstić information content (AvgIpc) is 2.59. The lowest BCUT2D eigenvalue weighted by Gasteiger charge is -2.38. The van der Waals surface area contributed by atoms with Crippen molar-refractivity contribution >= 4 is 11.9 Å². The van der Waals surface area contributed by atoms with E-state index in [4.69, 9.17) is 0 Å². The van der Waals surface area contributed by atoms with Crippen LogP contribution in [0.4, 0.5) is 4.79 Å². The van der Waals surface area contributed by atoms with Crippen molar-refractivity contribution in [1.82, 2.24) is 15.5 Å². The van der Waals surface area contributed by atoms with Gasteiger partial charge >= 0.3 is 6.03 Å². The van der Waals surface area contributed by atoms with E-state index in [0.29, 0.717) is 6.54 Å². The van der Waals surface area contributed by atoms with Crippen molar-refractivity contribution in [2.75, 3.05) is 13.1 Å². The molecule has 2 rings (SSSR count). The predicted molar refractivity (Wildman–Crippen MR) is 100 cm³/mol. The summed E-state index contributed by atoms with van der Waals surface area (Å²) in [5, 5.41) is 6.15. The Morgan fingerprint density at radius 2 is 1.96 bits per heavy atom. The predicted octanol–water partition coefficient (Wildman–Crippen LogP) is 3.05. The van der Waals surface area contributed by atoms with Crippen LogP contribution >= 0.6 is 0 Å². The van der Waals surface area contributed by atoms with Gasteiger partial charge in [0.15, 0.2) is 0 Å². The number of nitrogens with one attached hydrogen (secondary N) is 2. The largest absolute Gasteiger partial charge is 0.352 e. The summed E-state index contributed by atoms with van der Waals surface area (Å²) < 4.78 is 0. The molecule has 1 aromatic carbocycles. The van der Waals surface area contributed by atoms with Crippen LogP contribution in [0.2, 0.25) is 0 Å². The Balaban J connectivity index is 2.03. The van der Waals surface area contributed by atoms with Gasteiger partial charge in [-0.25, -0.2) is 4.79 Å². The zero-order valence-corrected chi connectivity index (χ0v) is 15.8. The molecule has 0 spiro atoms. The van der Waals surface area contributed by atoms with Crippen LogP contribution in [-0.2, 0) is 10.2 Å². The molecule has 5 nitrogen and oxygen atoms in total. The number of carbonyl (C=O) groups excluding carboxylic acids is 2. The molecule has 138 valence electrons. The second-order valence-electron chi connectivity index (χ2n) is 7.48. The highest BCUT2D eigenvalue weighted by molar-refractivity contribution is 5.76. The Bertz CT molecular complexity index is 586. The average molecular weight is 345 g/mol. The molecule has 25 heavy (non-hydrogen) atoms. The third kappa shape index (κ3) is 4.97. The molecule has 1 saturated heterocycles. The van der Waals surface area contributed by atoms with Gasteiger partial charge in [0.25, 0.3) is 0 Å². The van der Waals surface area contributed by atoms with Crippen molar-refractivity contribution in [3.05, 3.63) is 35.9 Å². The smallest absolute Gasteiger partial charge is 0.317 e. The second kappa shape index (κ2) is 8.37. The maximum atomic E-state index is 12.8. The molecule has 0 aliphatic carbocycles. The summed E-state index contributed by atoms with van der Waals surface area (Å²) >= 11 is 0. The Morgan fingerprint density at radius 1 is 1.28 bits per heavy atom. The van der Waals surface area contributed by atoms with Crippen LogP contribution in [0.1, 0.15) is 52.5 Å². The fourth-order valence-corrected chi connectivity index (χ4v) is 3.67. The van der Waals surface area contributed by atoms with Crippen molar-refractivity contribution in [2.45, 2.75) is 64.5 Å². The lowest BCUT2D eigenvalue weighted by atomic mass is 9.76. The highest BCUT2D eigenvalue weighted by atomic mass is 16.2. The molecule has 0 saturated carbocycles. The molecule has 1 aliphatic rings. The third-order valence-electron chi connectivity index (χ3n) is 5.21. The zero-order valence-electron chi connectivity index (χ0n) is 15.8. The van der Waals surface area contributed by atoms with Gasteiger partial charge in [-0.15, -0.1) is 0 Å². The first-order chi connectivity index (χ1) is 11.8. The van der Waals surface area contributed by atoms with Gasteiger partial charge in [0, 0.05) is 37.5 Å². The molecule has 1 aliphatic heterocycles. The Labute approximate surface area is 151 Å². The van der Waals surface area contributed by atoms with E-state index in [0.717, 1.165) is 25.8 Å². The molecule has 2 unspecified atom stereocenters. The normalized spacial score (nSPS) is 19.2. The maximum Gasteiger partial charge on any atom is 0.317 e. The monoisotopic (exact) mass is 345 g/mol. The van der Waals surface area contributed by atoms with Crippen LogP contribution < -0.4 is 10.6 Å². The Kier molecular flexibility index (Phi) is 6.45. The molecule has 5 heteroatoms. The number of benzene rings is 1. The van der Waals surface area contributed by atoms with Crippen molar-refractivity contribution < 1.29 is 9.59 Å². The van der Waals surface area contributed by atoms with Gasteiger partial charge in [-0.2, -0.15) is 0 Å². The minimum absolute atomic E-state index is 0.0362. The SMILES string of the molecule is CCC(NC(=O)N1CCCC(NC(C)=O)C1)C(C)(C)c1ccccc1. The highest BCUT2D eigenvalue weighted by Gasteiger charge is 2.33. The molecule has 2 N–H and O–H groups in total. The molecule has 2 atom stereocenters. The van der Waals surface area contributed by atoms with Crippen LogP contribution in [0.25, 0.3) is 0 Å². The van der Waals surface area contributed by atoms with E-state index in [2.05, 4.69) is 43.5 Å². The zero-order chi connectivity index (χ0) is 18.4. The molecule has 0 aromatic heterocycles. The number of likely N-dealkylation sites (tertiary alicyclic amines) is 1. The first-order valence-corrected chi connectivity index (χ1v) is 9.22. The number of urea groups is 1. The van der Waals surface area contributed by atoms with Crippen LogP contribution in [0.3, 0.4) is 0 Å². The highest BCUT2D eigenvalue weighted by Crippen LogP contribution is 2.29. The number of hydrogen-bond acceptors (Lipinski definition) is 2. The van der Waals surface area contributed by atoms with Crippen LogP contribution in [0.5, 0.6) is 0 Å². The van der Waals surface area contributed by atoms with E-state index < -0.39 is 0 Å².